The molecule has 3 aromatic rings. The zero-order chi connectivity index (χ0) is 12.4. The molecule has 3 rings (SSSR count). The van der Waals surface area contributed by atoms with Gasteiger partial charge in [0.25, 0.3) is 0 Å². The van der Waals surface area contributed by atoms with E-state index >= 15 is 0 Å². The highest BCUT2D eigenvalue weighted by Gasteiger charge is 2.07. The number of pyridine rings is 1. The highest BCUT2D eigenvalue weighted by atomic mass is 15.1. The van der Waals surface area contributed by atoms with E-state index in [4.69, 9.17) is 0 Å². The van der Waals surface area contributed by atoms with Gasteiger partial charge in [0.05, 0.1) is 17.9 Å². The zero-order valence-corrected chi connectivity index (χ0v) is 10.2. The fraction of sp³-hybridized carbons (Fsp3) is 0.231. The van der Waals surface area contributed by atoms with Crippen LogP contribution >= 0.6 is 0 Å². The molecular formula is C13H15N5. The van der Waals surface area contributed by atoms with Crippen LogP contribution in [0.15, 0.2) is 36.8 Å². The third-order valence-electron chi connectivity index (χ3n) is 2.97. The molecule has 2 N–H and O–H groups in total. The number of aromatic amines is 1. The normalized spacial score (nSPS) is 11.2. The molecule has 18 heavy (non-hydrogen) atoms. The van der Waals surface area contributed by atoms with Gasteiger partial charge in [0, 0.05) is 25.1 Å². The Morgan fingerprint density at radius 3 is 3.11 bits per heavy atom. The molecule has 0 atom stereocenters. The fourth-order valence-corrected chi connectivity index (χ4v) is 2.07. The van der Waals surface area contributed by atoms with Crippen LogP contribution in [-0.4, -0.2) is 19.4 Å². The van der Waals surface area contributed by atoms with Gasteiger partial charge in [0.1, 0.15) is 11.5 Å². The molecule has 0 radical (unpaired) electrons. The van der Waals surface area contributed by atoms with Gasteiger partial charge in [-0.25, -0.2) is 9.97 Å². The van der Waals surface area contributed by atoms with Gasteiger partial charge in [-0.05, 0) is 19.1 Å². The van der Waals surface area contributed by atoms with E-state index in [1.54, 1.807) is 6.20 Å². The average Bonchev–Trinajstić information content (AvgIpc) is 2.98. The molecule has 3 aromatic heterocycles. The molecule has 0 aliphatic rings. The van der Waals surface area contributed by atoms with Crippen LogP contribution in [0, 0.1) is 6.92 Å². The van der Waals surface area contributed by atoms with Crippen molar-refractivity contribution < 1.29 is 0 Å². The lowest BCUT2D eigenvalue weighted by Crippen LogP contribution is -2.15. The predicted molar refractivity (Wildman–Crippen MR) is 69.1 cm³/mol. The average molecular weight is 241 g/mol. The molecule has 0 saturated carbocycles. The highest BCUT2D eigenvalue weighted by Crippen LogP contribution is 2.11. The molecule has 0 aromatic carbocycles. The Balaban J connectivity index is 1.76. The maximum absolute atomic E-state index is 4.53. The summed E-state index contributed by atoms with van der Waals surface area (Å²) in [5, 5.41) is 3.37. The largest absolute Gasteiger partial charge is 0.348 e. The van der Waals surface area contributed by atoms with Crippen LogP contribution in [0.3, 0.4) is 0 Å². The summed E-state index contributed by atoms with van der Waals surface area (Å²) in [5.41, 5.74) is 3.25. The topological polar surface area (TPSA) is 58.0 Å². The minimum atomic E-state index is 0.729. The van der Waals surface area contributed by atoms with Crippen molar-refractivity contribution in [3.63, 3.8) is 0 Å². The summed E-state index contributed by atoms with van der Waals surface area (Å²) in [4.78, 5) is 11.8. The van der Waals surface area contributed by atoms with E-state index in [1.807, 2.05) is 37.5 Å². The van der Waals surface area contributed by atoms with E-state index in [0.717, 1.165) is 30.3 Å². The van der Waals surface area contributed by atoms with Crippen LogP contribution in [0.5, 0.6) is 0 Å². The maximum Gasteiger partial charge on any atom is 0.137 e. The van der Waals surface area contributed by atoms with Crippen LogP contribution < -0.4 is 5.32 Å². The van der Waals surface area contributed by atoms with Gasteiger partial charge in [-0.15, -0.1) is 0 Å². The molecule has 5 nitrogen and oxygen atoms in total. The molecule has 3 heterocycles. The van der Waals surface area contributed by atoms with Crippen LogP contribution in [0.1, 0.15) is 17.2 Å². The van der Waals surface area contributed by atoms with Crippen molar-refractivity contribution >= 4 is 5.65 Å². The van der Waals surface area contributed by atoms with Gasteiger partial charge >= 0.3 is 0 Å². The van der Waals surface area contributed by atoms with Crippen LogP contribution in [0.2, 0.25) is 0 Å². The Labute approximate surface area is 105 Å². The first-order valence-electron chi connectivity index (χ1n) is 5.96. The molecule has 0 saturated heterocycles. The molecule has 92 valence electrons. The number of aryl methyl sites for hydroxylation is 1. The number of hydrogen-bond donors (Lipinski definition) is 2. The fourth-order valence-electron chi connectivity index (χ4n) is 2.07. The number of hydrogen-bond acceptors (Lipinski definition) is 3. The van der Waals surface area contributed by atoms with E-state index in [1.165, 1.54) is 5.69 Å². The van der Waals surface area contributed by atoms with Crippen molar-refractivity contribution in [3.05, 3.63) is 54.0 Å². The minimum Gasteiger partial charge on any atom is -0.348 e. The first kappa shape index (κ1) is 11.0. The second-order valence-electron chi connectivity index (χ2n) is 4.21. The minimum absolute atomic E-state index is 0.729. The van der Waals surface area contributed by atoms with Crippen molar-refractivity contribution in [2.75, 3.05) is 0 Å². The summed E-state index contributed by atoms with van der Waals surface area (Å²) in [5.74, 6) is 0.946. The van der Waals surface area contributed by atoms with Gasteiger partial charge in [0.2, 0.25) is 0 Å². The molecule has 0 aliphatic heterocycles. The Bertz CT molecular complexity index is 639. The molecular weight excluding hydrogens is 226 g/mol. The standard InChI is InChI=1S/C13H15N5/c1-10-11(8-14-9-12-15-5-6-16-12)18-7-3-2-4-13(18)17-10/h2-7,14H,8-9H2,1H3,(H,15,16). The molecule has 0 fully saturated rings. The summed E-state index contributed by atoms with van der Waals surface area (Å²) in [6, 6.07) is 6.04. The predicted octanol–water partition coefficient (Wildman–Crippen LogP) is 1.66. The number of nitrogens with zero attached hydrogens (tertiary/aromatic N) is 3. The second-order valence-corrected chi connectivity index (χ2v) is 4.21. The summed E-state index contributed by atoms with van der Waals surface area (Å²) in [6.45, 7) is 3.54. The van der Waals surface area contributed by atoms with Crippen molar-refractivity contribution in [2.45, 2.75) is 20.0 Å². The Morgan fingerprint density at radius 2 is 2.28 bits per heavy atom. The third kappa shape index (κ3) is 2.00. The first-order valence-corrected chi connectivity index (χ1v) is 5.96. The van der Waals surface area contributed by atoms with E-state index in [-0.39, 0.29) is 0 Å². The zero-order valence-electron chi connectivity index (χ0n) is 10.2. The van der Waals surface area contributed by atoms with Crippen molar-refractivity contribution in [3.8, 4) is 0 Å². The molecule has 0 unspecified atom stereocenters. The van der Waals surface area contributed by atoms with Gasteiger partial charge in [-0.1, -0.05) is 6.07 Å². The first-order chi connectivity index (χ1) is 8.84. The van der Waals surface area contributed by atoms with Crippen LogP contribution in [0.25, 0.3) is 5.65 Å². The molecule has 0 bridgehead atoms. The summed E-state index contributed by atoms with van der Waals surface area (Å²) in [7, 11) is 0. The van der Waals surface area contributed by atoms with E-state index < -0.39 is 0 Å². The Hall–Kier alpha value is -2.14. The van der Waals surface area contributed by atoms with Crippen molar-refractivity contribution in [1.82, 2.24) is 24.7 Å². The molecule has 0 amide bonds. The van der Waals surface area contributed by atoms with Gasteiger partial charge in [0.15, 0.2) is 0 Å². The van der Waals surface area contributed by atoms with E-state index in [2.05, 4.69) is 24.7 Å². The Morgan fingerprint density at radius 1 is 1.33 bits per heavy atom. The lowest BCUT2D eigenvalue weighted by molar-refractivity contribution is 0.651. The molecule has 5 heteroatoms. The molecule has 0 spiro atoms. The van der Waals surface area contributed by atoms with Crippen LogP contribution in [-0.2, 0) is 13.1 Å². The number of nitrogens with one attached hydrogen (secondary N) is 2. The second kappa shape index (κ2) is 4.62. The van der Waals surface area contributed by atoms with Crippen molar-refractivity contribution in [1.29, 1.82) is 0 Å². The van der Waals surface area contributed by atoms with Gasteiger partial charge in [-0.3, -0.25) is 0 Å². The lowest BCUT2D eigenvalue weighted by atomic mass is 10.3. The summed E-state index contributed by atoms with van der Waals surface area (Å²) >= 11 is 0. The van der Waals surface area contributed by atoms with Crippen molar-refractivity contribution in [2.24, 2.45) is 0 Å². The van der Waals surface area contributed by atoms with Gasteiger partial charge < -0.3 is 14.7 Å². The molecule has 0 aliphatic carbocycles. The number of fused-ring (bicyclic) bond motifs is 1. The highest BCUT2D eigenvalue weighted by molar-refractivity contribution is 5.42. The number of imidazole rings is 2. The monoisotopic (exact) mass is 241 g/mol. The lowest BCUT2D eigenvalue weighted by Gasteiger charge is -2.04. The summed E-state index contributed by atoms with van der Waals surface area (Å²) < 4.78 is 2.12. The van der Waals surface area contributed by atoms with E-state index in [9.17, 15) is 0 Å². The third-order valence-corrected chi connectivity index (χ3v) is 2.97. The quantitative estimate of drug-likeness (QED) is 0.730. The Kier molecular flexibility index (Phi) is 2.82. The number of H-pyrrole nitrogens is 1. The number of rotatable bonds is 4. The smallest absolute Gasteiger partial charge is 0.137 e. The summed E-state index contributed by atoms with van der Waals surface area (Å²) in [6.07, 6.45) is 5.63. The SMILES string of the molecule is Cc1nc2ccccn2c1CNCc1ncc[nH]1. The van der Waals surface area contributed by atoms with Crippen LogP contribution in [0.4, 0.5) is 0 Å². The van der Waals surface area contributed by atoms with Gasteiger partial charge in [-0.2, -0.15) is 0 Å². The number of aromatic nitrogens is 4. The van der Waals surface area contributed by atoms with E-state index in [0.29, 0.717) is 0 Å². The maximum atomic E-state index is 4.53.